The summed E-state index contributed by atoms with van der Waals surface area (Å²) in [5.74, 6) is -0.400. The average molecular weight is 367 g/mol. The molecule has 1 N–H and O–H groups in total. The Bertz CT molecular complexity index is 685. The minimum Gasteiger partial charge on any atom is -0.332 e. The van der Waals surface area contributed by atoms with Gasteiger partial charge in [-0.1, -0.05) is 0 Å². The van der Waals surface area contributed by atoms with Crippen LogP contribution in [-0.2, 0) is 0 Å². The van der Waals surface area contributed by atoms with Crippen molar-refractivity contribution in [2.45, 2.75) is 13.0 Å². The number of hydrogen-bond acceptors (Lipinski definition) is 3. The van der Waals surface area contributed by atoms with Gasteiger partial charge in [0.2, 0.25) is 0 Å². The molecular weight excluding hydrogens is 351 g/mol. The monoisotopic (exact) mass is 366 g/mol. The maximum Gasteiger partial charge on any atom is 0.275 e. The molecule has 5 nitrogen and oxygen atoms in total. The number of carbonyl (C=O) groups is 1. The van der Waals surface area contributed by atoms with Crippen molar-refractivity contribution in [1.82, 2.24) is 20.0 Å². The van der Waals surface area contributed by atoms with E-state index in [0.717, 1.165) is 13.1 Å². The normalized spacial score (nSPS) is 18.5. The van der Waals surface area contributed by atoms with Crippen molar-refractivity contribution in [3.05, 3.63) is 46.4 Å². The van der Waals surface area contributed by atoms with Crippen molar-refractivity contribution in [2.75, 3.05) is 19.6 Å². The summed E-state index contributed by atoms with van der Waals surface area (Å²) in [5, 5.41) is 7.61. The molecule has 2 aromatic rings. The smallest absolute Gasteiger partial charge is 0.275 e. The quantitative estimate of drug-likeness (QED) is 0.886. The lowest BCUT2D eigenvalue weighted by molar-refractivity contribution is 0.0648. The molecule has 116 valence electrons. The van der Waals surface area contributed by atoms with Crippen molar-refractivity contribution < 1.29 is 9.18 Å². The lowest BCUT2D eigenvalue weighted by atomic mass is 10.2. The largest absolute Gasteiger partial charge is 0.332 e. The van der Waals surface area contributed by atoms with Crippen molar-refractivity contribution in [3.63, 3.8) is 0 Å². The van der Waals surface area contributed by atoms with E-state index in [2.05, 4.69) is 26.3 Å². The Morgan fingerprint density at radius 2 is 2.14 bits per heavy atom. The Morgan fingerprint density at radius 3 is 2.82 bits per heavy atom. The molecule has 1 aliphatic rings. The van der Waals surface area contributed by atoms with E-state index in [0.29, 0.717) is 22.4 Å². The van der Waals surface area contributed by atoms with Crippen LogP contribution in [0.5, 0.6) is 0 Å². The fourth-order valence-corrected chi connectivity index (χ4v) is 2.95. The van der Waals surface area contributed by atoms with E-state index >= 15 is 0 Å². The predicted octanol–water partition coefficient (Wildman–Crippen LogP) is 2.21. The molecule has 0 saturated carbocycles. The molecule has 0 bridgehead atoms. The van der Waals surface area contributed by atoms with Gasteiger partial charge >= 0.3 is 0 Å². The summed E-state index contributed by atoms with van der Waals surface area (Å²) in [6.07, 6.45) is 1.72. The number of piperazine rings is 1. The topological polar surface area (TPSA) is 50.2 Å². The van der Waals surface area contributed by atoms with Crippen LogP contribution in [0, 0.1) is 5.82 Å². The van der Waals surface area contributed by atoms with Crippen molar-refractivity contribution in [1.29, 1.82) is 0 Å². The van der Waals surface area contributed by atoms with Crippen LogP contribution in [0.4, 0.5) is 4.39 Å². The van der Waals surface area contributed by atoms with Gasteiger partial charge in [0.1, 0.15) is 5.82 Å². The summed E-state index contributed by atoms with van der Waals surface area (Å²) in [7, 11) is 0. The highest BCUT2D eigenvalue weighted by atomic mass is 79.9. The Balaban J connectivity index is 1.88. The van der Waals surface area contributed by atoms with Gasteiger partial charge in [0.05, 0.1) is 10.2 Å². The Kier molecular flexibility index (Phi) is 4.26. The summed E-state index contributed by atoms with van der Waals surface area (Å²) < 4.78 is 15.2. The fourth-order valence-electron chi connectivity index (χ4n) is 2.50. The first kappa shape index (κ1) is 15.2. The molecule has 1 amide bonds. The number of nitrogens with one attached hydrogen (secondary N) is 1. The standard InChI is InChI=1S/C15H16BrFN4O/c1-10-8-18-6-7-20(10)15(22)14-13(16)9-21(19-14)12-4-2-11(17)3-5-12/h2-5,9-10,18H,6-8H2,1H3/t10-/m0/s1. The van der Waals surface area contributed by atoms with Crippen LogP contribution in [0.15, 0.2) is 34.9 Å². The summed E-state index contributed by atoms with van der Waals surface area (Å²) in [6.45, 7) is 4.24. The molecule has 1 aromatic heterocycles. The molecule has 1 aliphatic heterocycles. The van der Waals surface area contributed by atoms with Gasteiger partial charge in [-0.3, -0.25) is 4.79 Å². The minimum atomic E-state index is -0.305. The Hall–Kier alpha value is -1.73. The summed E-state index contributed by atoms with van der Waals surface area (Å²) in [5.41, 5.74) is 1.08. The van der Waals surface area contributed by atoms with Crippen molar-refractivity contribution >= 4 is 21.8 Å². The van der Waals surface area contributed by atoms with Gasteiger partial charge in [0.15, 0.2) is 5.69 Å². The van der Waals surface area contributed by atoms with Crippen molar-refractivity contribution in [3.8, 4) is 5.69 Å². The first-order valence-corrected chi connectivity index (χ1v) is 7.88. The van der Waals surface area contributed by atoms with E-state index in [9.17, 15) is 9.18 Å². The summed E-state index contributed by atoms with van der Waals surface area (Å²) in [6, 6.07) is 6.10. The number of halogens is 2. The molecule has 2 heterocycles. The second-order valence-corrected chi connectivity index (χ2v) is 6.15. The van der Waals surface area contributed by atoms with Gasteiger partial charge < -0.3 is 10.2 Å². The van der Waals surface area contributed by atoms with Crippen LogP contribution in [0.1, 0.15) is 17.4 Å². The van der Waals surface area contributed by atoms with Gasteiger partial charge in [0, 0.05) is 31.9 Å². The zero-order valence-corrected chi connectivity index (χ0v) is 13.7. The molecule has 22 heavy (non-hydrogen) atoms. The highest BCUT2D eigenvalue weighted by Crippen LogP contribution is 2.21. The minimum absolute atomic E-state index is 0.0956. The Labute approximate surface area is 136 Å². The second kappa shape index (κ2) is 6.18. The van der Waals surface area contributed by atoms with Crippen LogP contribution >= 0.6 is 15.9 Å². The number of carbonyl (C=O) groups excluding carboxylic acids is 1. The molecule has 1 atom stereocenters. The molecule has 0 radical (unpaired) electrons. The number of aromatic nitrogens is 2. The van der Waals surface area contributed by atoms with E-state index < -0.39 is 0 Å². The molecule has 7 heteroatoms. The SMILES string of the molecule is C[C@H]1CNCCN1C(=O)c1nn(-c2ccc(F)cc2)cc1Br. The number of amides is 1. The van der Waals surface area contributed by atoms with Gasteiger partial charge in [-0.15, -0.1) is 0 Å². The van der Waals surface area contributed by atoms with Crippen LogP contribution in [0.3, 0.4) is 0 Å². The van der Waals surface area contributed by atoms with E-state index in [1.165, 1.54) is 12.1 Å². The van der Waals surface area contributed by atoms with Gasteiger partial charge in [-0.25, -0.2) is 9.07 Å². The maximum absolute atomic E-state index is 13.0. The molecule has 1 saturated heterocycles. The van der Waals surface area contributed by atoms with E-state index in [1.807, 2.05) is 11.8 Å². The van der Waals surface area contributed by atoms with Gasteiger partial charge in [0.25, 0.3) is 5.91 Å². The van der Waals surface area contributed by atoms with E-state index in [4.69, 9.17) is 0 Å². The molecule has 3 rings (SSSR count). The zero-order chi connectivity index (χ0) is 15.7. The molecule has 1 fully saturated rings. The predicted molar refractivity (Wildman–Crippen MR) is 84.6 cm³/mol. The summed E-state index contributed by atoms with van der Waals surface area (Å²) >= 11 is 3.40. The average Bonchev–Trinajstić information content (AvgIpc) is 2.90. The first-order valence-electron chi connectivity index (χ1n) is 7.09. The van der Waals surface area contributed by atoms with Crippen LogP contribution in [0.25, 0.3) is 5.69 Å². The molecule has 0 unspecified atom stereocenters. The molecule has 0 spiro atoms. The lowest BCUT2D eigenvalue weighted by Crippen LogP contribution is -2.52. The zero-order valence-electron chi connectivity index (χ0n) is 12.1. The number of rotatable bonds is 2. The van der Waals surface area contributed by atoms with Gasteiger partial charge in [-0.2, -0.15) is 5.10 Å². The molecule has 1 aromatic carbocycles. The van der Waals surface area contributed by atoms with E-state index in [-0.39, 0.29) is 17.8 Å². The molecular formula is C15H16BrFN4O. The maximum atomic E-state index is 13.0. The Morgan fingerprint density at radius 1 is 1.41 bits per heavy atom. The van der Waals surface area contributed by atoms with Crippen molar-refractivity contribution in [2.24, 2.45) is 0 Å². The van der Waals surface area contributed by atoms with Crippen LogP contribution in [0.2, 0.25) is 0 Å². The number of hydrogen-bond donors (Lipinski definition) is 1. The van der Waals surface area contributed by atoms with E-state index in [1.54, 1.807) is 23.0 Å². The number of nitrogens with zero attached hydrogens (tertiary/aromatic N) is 3. The van der Waals surface area contributed by atoms with Gasteiger partial charge in [-0.05, 0) is 47.1 Å². The molecule has 0 aliphatic carbocycles. The third-order valence-electron chi connectivity index (χ3n) is 3.73. The second-order valence-electron chi connectivity index (χ2n) is 5.30. The third-order valence-corrected chi connectivity index (χ3v) is 4.31. The highest BCUT2D eigenvalue weighted by Gasteiger charge is 2.27. The third kappa shape index (κ3) is 2.91. The summed E-state index contributed by atoms with van der Waals surface area (Å²) in [4.78, 5) is 14.5. The lowest BCUT2D eigenvalue weighted by Gasteiger charge is -2.33. The number of benzene rings is 1. The fraction of sp³-hybridized carbons (Fsp3) is 0.333. The van der Waals surface area contributed by atoms with Crippen LogP contribution in [-0.4, -0.2) is 46.3 Å². The van der Waals surface area contributed by atoms with Crippen LogP contribution < -0.4 is 5.32 Å². The highest BCUT2D eigenvalue weighted by molar-refractivity contribution is 9.10. The first-order chi connectivity index (χ1) is 10.6.